The fraction of sp³-hybridized carbons (Fsp3) is 0.125. The topological polar surface area (TPSA) is 113 Å². The van der Waals surface area contributed by atoms with Gasteiger partial charge in [0.05, 0.1) is 0 Å². The second kappa shape index (κ2) is 6.88. The number of carbonyl (C=O) groups is 1. The molecule has 8 nitrogen and oxygen atoms in total. The van der Waals surface area contributed by atoms with Crippen LogP contribution in [0.1, 0.15) is 16.1 Å². The van der Waals surface area contributed by atoms with Crippen LogP contribution in [0.15, 0.2) is 53.6 Å². The van der Waals surface area contributed by atoms with Crippen LogP contribution in [0.5, 0.6) is 0 Å². The highest BCUT2D eigenvalue weighted by molar-refractivity contribution is 6.02. The van der Waals surface area contributed by atoms with Gasteiger partial charge >= 0.3 is 0 Å². The SMILES string of the molecule is O=C(Nc1ccc(CCO)cc1)c1cc(=O)n(-c2ncccn2)[nH]1. The molecule has 0 aliphatic rings. The molecule has 0 unspecified atom stereocenters. The summed E-state index contributed by atoms with van der Waals surface area (Å²) in [6, 6.07) is 9.92. The summed E-state index contributed by atoms with van der Waals surface area (Å²) in [7, 11) is 0. The lowest BCUT2D eigenvalue weighted by Crippen LogP contribution is -2.16. The van der Waals surface area contributed by atoms with Crippen molar-refractivity contribution in [3.8, 4) is 5.95 Å². The Balaban J connectivity index is 1.77. The summed E-state index contributed by atoms with van der Waals surface area (Å²) >= 11 is 0. The average molecular weight is 325 g/mol. The first kappa shape index (κ1) is 15.6. The monoisotopic (exact) mass is 325 g/mol. The van der Waals surface area contributed by atoms with Crippen LogP contribution >= 0.6 is 0 Å². The van der Waals surface area contributed by atoms with Gasteiger partial charge in [0, 0.05) is 30.8 Å². The molecule has 0 fully saturated rings. The van der Waals surface area contributed by atoms with Gasteiger partial charge in [0.15, 0.2) is 0 Å². The van der Waals surface area contributed by atoms with Crippen molar-refractivity contribution in [2.75, 3.05) is 11.9 Å². The number of anilines is 1. The summed E-state index contributed by atoms with van der Waals surface area (Å²) in [6.07, 6.45) is 3.56. The van der Waals surface area contributed by atoms with Crippen LogP contribution < -0.4 is 10.9 Å². The van der Waals surface area contributed by atoms with Crippen molar-refractivity contribution in [3.05, 3.63) is 70.4 Å². The number of hydrogen-bond donors (Lipinski definition) is 3. The fourth-order valence-corrected chi connectivity index (χ4v) is 2.15. The van der Waals surface area contributed by atoms with E-state index in [1.54, 1.807) is 18.2 Å². The molecule has 122 valence electrons. The lowest BCUT2D eigenvalue weighted by molar-refractivity contribution is 0.102. The molecule has 3 rings (SSSR count). The minimum absolute atomic E-state index is 0.0714. The standard InChI is InChI=1S/C16H15N5O3/c22-9-6-11-2-4-12(5-3-11)19-15(24)13-10-14(23)21(20-13)16-17-7-1-8-18-16/h1-5,7-8,10,20,22H,6,9H2,(H,19,24). The molecule has 0 saturated carbocycles. The van der Waals surface area contributed by atoms with Crippen molar-refractivity contribution < 1.29 is 9.90 Å². The van der Waals surface area contributed by atoms with Crippen LogP contribution in [-0.2, 0) is 6.42 Å². The van der Waals surface area contributed by atoms with E-state index in [4.69, 9.17) is 5.11 Å². The maximum Gasteiger partial charge on any atom is 0.274 e. The fourth-order valence-electron chi connectivity index (χ4n) is 2.15. The van der Waals surface area contributed by atoms with E-state index in [2.05, 4.69) is 20.4 Å². The Morgan fingerprint density at radius 1 is 1.21 bits per heavy atom. The number of aliphatic hydroxyl groups excluding tert-OH is 1. The molecule has 2 heterocycles. The third kappa shape index (κ3) is 3.39. The molecule has 0 aliphatic heterocycles. The molecule has 0 radical (unpaired) electrons. The van der Waals surface area contributed by atoms with Crippen molar-refractivity contribution >= 4 is 11.6 Å². The molecule has 0 spiro atoms. The number of H-pyrrole nitrogens is 1. The number of rotatable bonds is 5. The second-order valence-corrected chi connectivity index (χ2v) is 5.02. The normalized spacial score (nSPS) is 10.5. The number of aliphatic hydroxyl groups is 1. The predicted octanol–water partition coefficient (Wildman–Crippen LogP) is 0.743. The van der Waals surface area contributed by atoms with E-state index in [1.165, 1.54) is 18.5 Å². The van der Waals surface area contributed by atoms with Gasteiger partial charge in [-0.15, -0.1) is 0 Å². The summed E-state index contributed by atoms with van der Waals surface area (Å²) in [5.74, 6) is -0.286. The summed E-state index contributed by atoms with van der Waals surface area (Å²) in [4.78, 5) is 32.1. The smallest absolute Gasteiger partial charge is 0.274 e. The zero-order valence-electron chi connectivity index (χ0n) is 12.6. The van der Waals surface area contributed by atoms with E-state index >= 15 is 0 Å². The number of aromatic amines is 1. The molecule has 0 saturated heterocycles. The zero-order valence-corrected chi connectivity index (χ0v) is 12.6. The van der Waals surface area contributed by atoms with Gasteiger partial charge in [0.2, 0.25) is 0 Å². The Kier molecular flexibility index (Phi) is 4.48. The third-order valence-corrected chi connectivity index (χ3v) is 3.33. The van der Waals surface area contributed by atoms with Crippen LogP contribution in [0.4, 0.5) is 5.69 Å². The quantitative estimate of drug-likeness (QED) is 0.640. The molecule has 24 heavy (non-hydrogen) atoms. The van der Waals surface area contributed by atoms with Gasteiger partial charge in [-0.1, -0.05) is 12.1 Å². The molecular weight excluding hydrogens is 310 g/mol. The Morgan fingerprint density at radius 3 is 2.58 bits per heavy atom. The molecule has 1 aromatic carbocycles. The van der Waals surface area contributed by atoms with Crippen LogP contribution in [-0.4, -0.2) is 37.4 Å². The predicted molar refractivity (Wildman–Crippen MR) is 87.2 cm³/mol. The highest BCUT2D eigenvalue weighted by Gasteiger charge is 2.13. The Labute approximate surface area is 136 Å². The summed E-state index contributed by atoms with van der Waals surface area (Å²) in [6.45, 7) is 0.0714. The number of benzene rings is 1. The molecule has 0 aliphatic carbocycles. The van der Waals surface area contributed by atoms with Gasteiger partial charge in [0.25, 0.3) is 17.4 Å². The van der Waals surface area contributed by atoms with Crippen LogP contribution in [0.2, 0.25) is 0 Å². The molecule has 3 N–H and O–H groups in total. The largest absolute Gasteiger partial charge is 0.396 e. The van der Waals surface area contributed by atoms with E-state index in [0.29, 0.717) is 12.1 Å². The Bertz CT molecular complexity index is 884. The highest BCUT2D eigenvalue weighted by atomic mass is 16.3. The Morgan fingerprint density at radius 2 is 1.92 bits per heavy atom. The molecule has 0 atom stereocenters. The van der Waals surface area contributed by atoms with E-state index in [-0.39, 0.29) is 18.2 Å². The van der Waals surface area contributed by atoms with Gasteiger partial charge in [-0.25, -0.2) is 9.97 Å². The number of aromatic nitrogens is 4. The van der Waals surface area contributed by atoms with Crippen molar-refractivity contribution in [2.45, 2.75) is 6.42 Å². The summed E-state index contributed by atoms with van der Waals surface area (Å²) < 4.78 is 1.10. The van der Waals surface area contributed by atoms with Gasteiger partial charge < -0.3 is 10.4 Å². The zero-order chi connectivity index (χ0) is 16.9. The van der Waals surface area contributed by atoms with E-state index in [0.717, 1.165) is 10.2 Å². The van der Waals surface area contributed by atoms with Crippen LogP contribution in [0.3, 0.4) is 0 Å². The minimum Gasteiger partial charge on any atom is -0.396 e. The van der Waals surface area contributed by atoms with Crippen molar-refractivity contribution in [3.63, 3.8) is 0 Å². The first-order chi connectivity index (χ1) is 11.7. The van der Waals surface area contributed by atoms with Crippen molar-refractivity contribution in [1.29, 1.82) is 0 Å². The first-order valence-corrected chi connectivity index (χ1v) is 7.28. The lowest BCUT2D eigenvalue weighted by Gasteiger charge is -2.05. The molecule has 0 bridgehead atoms. The molecule has 2 aromatic heterocycles. The molecule has 1 amide bonds. The minimum atomic E-state index is -0.448. The van der Waals surface area contributed by atoms with E-state index in [9.17, 15) is 9.59 Å². The molecule has 3 aromatic rings. The van der Waals surface area contributed by atoms with Crippen molar-refractivity contribution in [2.24, 2.45) is 0 Å². The van der Waals surface area contributed by atoms with Crippen molar-refractivity contribution in [1.82, 2.24) is 19.7 Å². The van der Waals surface area contributed by atoms with Gasteiger partial charge in [0.1, 0.15) is 5.69 Å². The average Bonchev–Trinajstić information content (AvgIpc) is 3.00. The van der Waals surface area contributed by atoms with Crippen LogP contribution in [0, 0.1) is 0 Å². The third-order valence-electron chi connectivity index (χ3n) is 3.33. The first-order valence-electron chi connectivity index (χ1n) is 7.28. The number of nitrogens with zero attached hydrogens (tertiary/aromatic N) is 3. The number of hydrogen-bond acceptors (Lipinski definition) is 5. The summed E-state index contributed by atoms with van der Waals surface area (Å²) in [5.41, 5.74) is 1.24. The van der Waals surface area contributed by atoms with E-state index in [1.807, 2.05) is 12.1 Å². The highest BCUT2D eigenvalue weighted by Crippen LogP contribution is 2.11. The summed E-state index contributed by atoms with van der Waals surface area (Å²) in [5, 5.41) is 14.3. The lowest BCUT2D eigenvalue weighted by atomic mass is 10.1. The van der Waals surface area contributed by atoms with Crippen LogP contribution in [0.25, 0.3) is 5.95 Å². The maximum absolute atomic E-state index is 12.2. The molecule has 8 heteroatoms. The second-order valence-electron chi connectivity index (χ2n) is 5.02. The number of amides is 1. The number of carbonyl (C=O) groups excluding carboxylic acids is 1. The van der Waals surface area contributed by atoms with Gasteiger partial charge in [-0.3, -0.25) is 14.7 Å². The van der Waals surface area contributed by atoms with E-state index < -0.39 is 11.5 Å². The van der Waals surface area contributed by atoms with Gasteiger partial charge in [-0.2, -0.15) is 4.68 Å². The Hall–Kier alpha value is -3.26. The van der Waals surface area contributed by atoms with Gasteiger partial charge in [-0.05, 0) is 30.2 Å². The molecular formula is C16H15N5O3. The maximum atomic E-state index is 12.2. The number of nitrogens with one attached hydrogen (secondary N) is 2.